The molecule has 37 heavy (non-hydrogen) atoms. The number of alkyl halides is 1. The van der Waals surface area contributed by atoms with Crippen molar-refractivity contribution in [3.63, 3.8) is 0 Å². The second kappa shape index (κ2) is 10.2. The smallest absolute Gasteiger partial charge is 0.285 e. The van der Waals surface area contributed by atoms with E-state index in [9.17, 15) is 19.7 Å². The zero-order valence-corrected chi connectivity index (χ0v) is 23.0. The first-order valence-corrected chi connectivity index (χ1v) is 13.3. The van der Waals surface area contributed by atoms with Gasteiger partial charge in [0, 0.05) is 41.5 Å². The molecule has 0 amide bonds. The van der Waals surface area contributed by atoms with Crippen LogP contribution in [-0.2, 0) is 38.5 Å². The molecule has 3 aliphatic carbocycles. The van der Waals surface area contributed by atoms with Crippen LogP contribution in [0.1, 0.15) is 90.7 Å². The molecular weight excluding hydrogens is 475 g/mol. The van der Waals surface area contributed by atoms with E-state index < -0.39 is 11.3 Å². The van der Waals surface area contributed by atoms with Crippen LogP contribution in [0.3, 0.4) is 0 Å². The third-order valence-electron chi connectivity index (χ3n) is 8.15. The lowest BCUT2D eigenvalue weighted by molar-refractivity contribution is 0.0391. The highest BCUT2D eigenvalue weighted by Gasteiger charge is 2.34. The van der Waals surface area contributed by atoms with Gasteiger partial charge >= 0.3 is 0 Å². The molecule has 0 saturated carbocycles. The lowest BCUT2D eigenvalue weighted by Crippen LogP contribution is -2.31. The number of aromatic hydroxyl groups is 2. The summed E-state index contributed by atoms with van der Waals surface area (Å²) in [6.45, 7) is 11.4. The molecule has 3 aromatic rings. The fraction of sp³-hybridized carbons (Fsp3) is 0.600. The van der Waals surface area contributed by atoms with Crippen LogP contribution in [0.15, 0.2) is 19.5 Å². The fourth-order valence-corrected chi connectivity index (χ4v) is 5.60. The predicted octanol–water partition coefficient (Wildman–Crippen LogP) is 6.76. The minimum atomic E-state index is -1.18. The maximum atomic E-state index is 13.5. The molecule has 3 aliphatic rings. The van der Waals surface area contributed by atoms with Crippen LogP contribution in [0.25, 0.3) is 0 Å². The number of aryl methyl sites for hydroxylation is 1. The molecule has 3 atom stereocenters. The normalized spacial score (nSPS) is 26.1. The Balaban J connectivity index is 0.000000130. The third kappa shape index (κ3) is 6.08. The van der Waals surface area contributed by atoms with Crippen LogP contribution in [0, 0.1) is 26.7 Å². The van der Waals surface area contributed by atoms with Gasteiger partial charge in [0.1, 0.15) is 22.9 Å². The Morgan fingerprint density at radius 3 is 2.03 bits per heavy atom. The molecular formula is C30H41FO6. The minimum Gasteiger partial charge on any atom is -0.481 e. The number of hydrogen-bond acceptors (Lipinski definition) is 6. The molecule has 0 spiro atoms. The molecule has 3 N–H and O–H groups in total. The van der Waals surface area contributed by atoms with Gasteiger partial charge in [0.05, 0.1) is 11.9 Å². The van der Waals surface area contributed by atoms with Crippen molar-refractivity contribution in [1.29, 1.82) is 0 Å². The predicted molar refractivity (Wildman–Crippen MR) is 139 cm³/mol. The largest absolute Gasteiger partial charge is 0.481 e. The van der Waals surface area contributed by atoms with Crippen molar-refractivity contribution in [1.82, 2.24) is 0 Å². The van der Waals surface area contributed by atoms with Crippen LogP contribution in [0.5, 0.6) is 11.9 Å². The van der Waals surface area contributed by atoms with Gasteiger partial charge < -0.3 is 28.6 Å². The third-order valence-corrected chi connectivity index (χ3v) is 8.15. The van der Waals surface area contributed by atoms with Crippen molar-refractivity contribution in [2.75, 3.05) is 0 Å². The van der Waals surface area contributed by atoms with Gasteiger partial charge in [0.25, 0.3) is 11.9 Å². The van der Waals surface area contributed by atoms with E-state index in [4.69, 9.17) is 13.3 Å². The van der Waals surface area contributed by atoms with Gasteiger partial charge in [-0.1, -0.05) is 6.92 Å². The number of fused-ring (bicyclic) bond motifs is 3. The Bertz CT molecular complexity index is 1170. The van der Waals surface area contributed by atoms with Gasteiger partial charge in [0.2, 0.25) is 0 Å². The molecule has 0 bridgehead atoms. The van der Waals surface area contributed by atoms with Crippen molar-refractivity contribution < 1.29 is 33.0 Å². The van der Waals surface area contributed by atoms with Crippen LogP contribution < -0.4 is 0 Å². The molecule has 0 fully saturated rings. The average molecular weight is 517 g/mol. The number of aliphatic hydroxyl groups is 1. The molecule has 3 heterocycles. The van der Waals surface area contributed by atoms with E-state index in [0.717, 1.165) is 53.2 Å². The fourth-order valence-electron chi connectivity index (χ4n) is 5.60. The summed E-state index contributed by atoms with van der Waals surface area (Å²) in [5, 5.41) is 28.4. The quantitative estimate of drug-likeness (QED) is 0.305. The molecule has 3 aromatic heterocycles. The first-order chi connectivity index (χ1) is 17.3. The van der Waals surface area contributed by atoms with Crippen molar-refractivity contribution in [2.45, 2.75) is 111 Å². The average Bonchev–Trinajstić information content (AvgIpc) is 3.40. The summed E-state index contributed by atoms with van der Waals surface area (Å²) in [5.41, 5.74) is 4.62. The SMILES string of the molecule is Cc1c(O)oc2c1CC[C@@](C)(O)C2.Cc1c(O)oc2c1CC[C@](C)(F)C2.Cc1coc2c1CC[C@H](C)C2. The highest BCUT2D eigenvalue weighted by molar-refractivity contribution is 5.38. The number of rotatable bonds is 0. The Hall–Kier alpha value is -2.67. The lowest BCUT2D eigenvalue weighted by atomic mass is 9.85. The van der Waals surface area contributed by atoms with E-state index in [0.29, 0.717) is 25.0 Å². The van der Waals surface area contributed by atoms with Crippen LogP contribution >= 0.6 is 0 Å². The van der Waals surface area contributed by atoms with E-state index in [1.807, 2.05) is 13.2 Å². The molecule has 0 radical (unpaired) electrons. The van der Waals surface area contributed by atoms with E-state index >= 15 is 0 Å². The molecule has 6 nitrogen and oxygen atoms in total. The van der Waals surface area contributed by atoms with Gasteiger partial charge in [-0.3, -0.25) is 0 Å². The number of hydrogen-bond donors (Lipinski definition) is 3. The molecule has 0 unspecified atom stereocenters. The maximum Gasteiger partial charge on any atom is 0.285 e. The summed E-state index contributed by atoms with van der Waals surface area (Å²) in [7, 11) is 0. The Morgan fingerprint density at radius 2 is 1.41 bits per heavy atom. The zero-order chi connectivity index (χ0) is 27.1. The molecule has 0 aromatic carbocycles. The van der Waals surface area contributed by atoms with Crippen molar-refractivity contribution in [3.8, 4) is 11.9 Å². The van der Waals surface area contributed by atoms with Crippen molar-refractivity contribution in [3.05, 3.63) is 56.9 Å². The standard InChI is InChI=1S/C10H13FO2.C10H14O3.C10H14O/c1-6-7-3-4-10(2,11)5-8(7)13-9(6)12;1-6-7-3-4-10(2,12)5-8(7)13-9(6)11;1-7-3-4-9-8(2)6-11-10(9)5-7/h12H,3-5H2,1-2H3;11-12H,3-5H2,1-2H3;6-7H,3-5H2,1-2H3/t2*10-;7-/m010/s1. The van der Waals surface area contributed by atoms with Gasteiger partial charge in [-0.05, 0) is 90.2 Å². The summed E-state index contributed by atoms with van der Waals surface area (Å²) >= 11 is 0. The first-order valence-electron chi connectivity index (χ1n) is 13.3. The summed E-state index contributed by atoms with van der Waals surface area (Å²) in [6, 6.07) is 0. The summed E-state index contributed by atoms with van der Waals surface area (Å²) < 4.78 is 29.3. The van der Waals surface area contributed by atoms with Gasteiger partial charge in [0.15, 0.2) is 0 Å². The molecule has 6 rings (SSSR count). The Morgan fingerprint density at radius 1 is 0.838 bits per heavy atom. The van der Waals surface area contributed by atoms with Crippen molar-refractivity contribution >= 4 is 0 Å². The second-order valence-electron chi connectivity index (χ2n) is 11.8. The van der Waals surface area contributed by atoms with E-state index in [1.165, 1.54) is 29.7 Å². The number of halogens is 1. The lowest BCUT2D eigenvalue weighted by Gasteiger charge is -2.26. The molecule has 0 saturated heterocycles. The Labute approximate surface area is 218 Å². The van der Waals surface area contributed by atoms with Gasteiger partial charge in [-0.2, -0.15) is 0 Å². The topological polar surface area (TPSA) is 100 Å². The highest BCUT2D eigenvalue weighted by atomic mass is 19.1. The molecule has 0 aliphatic heterocycles. The van der Waals surface area contributed by atoms with Gasteiger partial charge in [-0.25, -0.2) is 4.39 Å². The second-order valence-corrected chi connectivity index (χ2v) is 11.8. The summed E-state index contributed by atoms with van der Waals surface area (Å²) in [6.07, 6.45) is 9.07. The summed E-state index contributed by atoms with van der Waals surface area (Å²) in [4.78, 5) is 0. The Kier molecular flexibility index (Phi) is 7.57. The summed E-state index contributed by atoms with van der Waals surface area (Å²) in [5.74, 6) is 3.36. The van der Waals surface area contributed by atoms with Crippen LogP contribution in [0.2, 0.25) is 0 Å². The first kappa shape index (κ1) is 27.4. The van der Waals surface area contributed by atoms with E-state index in [-0.39, 0.29) is 18.3 Å². The minimum absolute atomic E-state index is 0.00250. The highest BCUT2D eigenvalue weighted by Crippen LogP contribution is 2.38. The number of furan rings is 3. The zero-order valence-electron chi connectivity index (χ0n) is 23.0. The van der Waals surface area contributed by atoms with E-state index in [2.05, 4.69) is 13.8 Å². The van der Waals surface area contributed by atoms with Gasteiger partial charge in [-0.15, -0.1) is 0 Å². The molecule has 204 valence electrons. The maximum absolute atomic E-state index is 13.5. The monoisotopic (exact) mass is 516 g/mol. The van der Waals surface area contributed by atoms with Crippen LogP contribution in [-0.4, -0.2) is 26.6 Å². The molecule has 7 heteroatoms. The van der Waals surface area contributed by atoms with E-state index in [1.54, 1.807) is 20.8 Å². The van der Waals surface area contributed by atoms with Crippen molar-refractivity contribution in [2.24, 2.45) is 5.92 Å². The van der Waals surface area contributed by atoms with Crippen LogP contribution in [0.4, 0.5) is 4.39 Å².